The van der Waals surface area contributed by atoms with Gasteiger partial charge in [-0.15, -0.1) is 0 Å². The van der Waals surface area contributed by atoms with Crippen LogP contribution in [-0.4, -0.2) is 42.5 Å². The lowest BCUT2D eigenvalue weighted by atomic mass is 9.86. The van der Waals surface area contributed by atoms with Crippen LogP contribution in [0.3, 0.4) is 0 Å². The van der Waals surface area contributed by atoms with Crippen molar-refractivity contribution in [2.75, 3.05) is 13.7 Å². The Kier molecular flexibility index (Phi) is 8.70. The van der Waals surface area contributed by atoms with E-state index in [0.717, 1.165) is 11.1 Å². The number of amides is 2. The van der Waals surface area contributed by atoms with Crippen LogP contribution < -0.4 is 14.8 Å². The van der Waals surface area contributed by atoms with Gasteiger partial charge >= 0.3 is 0 Å². The Morgan fingerprint density at radius 3 is 2.34 bits per heavy atom. The smallest absolute Gasteiger partial charge is 0.261 e. The number of hydrogen-bond donors (Lipinski definition) is 1. The van der Waals surface area contributed by atoms with Crippen molar-refractivity contribution in [3.8, 4) is 11.5 Å². The Labute approximate surface area is 191 Å². The van der Waals surface area contributed by atoms with E-state index in [4.69, 9.17) is 9.47 Å². The summed E-state index contributed by atoms with van der Waals surface area (Å²) in [6.07, 6.45) is 0. The van der Waals surface area contributed by atoms with Crippen molar-refractivity contribution < 1.29 is 19.1 Å². The lowest BCUT2D eigenvalue weighted by Gasteiger charge is -2.30. The summed E-state index contributed by atoms with van der Waals surface area (Å²) in [7, 11) is 1.60. The highest BCUT2D eigenvalue weighted by molar-refractivity contribution is 5.88. The van der Waals surface area contributed by atoms with E-state index in [1.54, 1.807) is 18.9 Å². The molecule has 6 nitrogen and oxygen atoms in total. The zero-order valence-corrected chi connectivity index (χ0v) is 20.3. The van der Waals surface area contributed by atoms with Gasteiger partial charge in [0.2, 0.25) is 5.91 Å². The topological polar surface area (TPSA) is 67.9 Å². The standard InChI is InChI=1S/C26H36N2O4/c1-18(2)27-25(30)19(3)28(16-20-11-10-12-21(15-20)31-7)24(29)17-32-23-14-9-8-13-22(23)26(4,5)6/h8-15,18-19H,16-17H2,1-7H3,(H,27,30). The van der Waals surface area contributed by atoms with Crippen molar-refractivity contribution in [1.82, 2.24) is 10.2 Å². The van der Waals surface area contributed by atoms with Gasteiger partial charge in [0.15, 0.2) is 6.61 Å². The summed E-state index contributed by atoms with van der Waals surface area (Å²) in [5.74, 6) is 0.910. The van der Waals surface area contributed by atoms with Gasteiger partial charge in [-0.25, -0.2) is 0 Å². The molecule has 2 rings (SSSR count). The van der Waals surface area contributed by atoms with Crippen molar-refractivity contribution in [1.29, 1.82) is 0 Å². The number of nitrogens with one attached hydrogen (secondary N) is 1. The molecule has 1 unspecified atom stereocenters. The zero-order valence-electron chi connectivity index (χ0n) is 20.3. The van der Waals surface area contributed by atoms with E-state index in [1.165, 1.54) is 0 Å². The molecule has 0 fully saturated rings. The van der Waals surface area contributed by atoms with Gasteiger partial charge in [-0.3, -0.25) is 9.59 Å². The maximum Gasteiger partial charge on any atom is 0.261 e. The summed E-state index contributed by atoms with van der Waals surface area (Å²) in [6, 6.07) is 14.5. The van der Waals surface area contributed by atoms with Gasteiger partial charge in [0.05, 0.1) is 7.11 Å². The number of carbonyl (C=O) groups excluding carboxylic acids is 2. The molecule has 6 heteroatoms. The van der Waals surface area contributed by atoms with Crippen LogP contribution in [0.1, 0.15) is 52.7 Å². The van der Waals surface area contributed by atoms with E-state index in [0.29, 0.717) is 11.5 Å². The van der Waals surface area contributed by atoms with Crippen molar-refractivity contribution in [3.05, 3.63) is 59.7 Å². The molecule has 0 saturated heterocycles. The third-order valence-electron chi connectivity index (χ3n) is 5.13. The summed E-state index contributed by atoms with van der Waals surface area (Å²) in [4.78, 5) is 27.5. The monoisotopic (exact) mass is 440 g/mol. The quantitative estimate of drug-likeness (QED) is 0.631. The fraction of sp³-hybridized carbons (Fsp3) is 0.462. The molecule has 2 amide bonds. The SMILES string of the molecule is COc1cccc(CN(C(=O)COc2ccccc2C(C)(C)C)C(C)C(=O)NC(C)C)c1. The van der Waals surface area contributed by atoms with Gasteiger partial charge in [0.1, 0.15) is 17.5 Å². The van der Waals surface area contributed by atoms with Crippen LogP contribution in [0.2, 0.25) is 0 Å². The predicted octanol–water partition coefficient (Wildman–Crippen LogP) is 4.31. The van der Waals surface area contributed by atoms with Crippen LogP contribution in [-0.2, 0) is 21.5 Å². The van der Waals surface area contributed by atoms with E-state index < -0.39 is 6.04 Å². The van der Waals surface area contributed by atoms with Crippen LogP contribution in [0, 0.1) is 0 Å². The Morgan fingerprint density at radius 2 is 1.72 bits per heavy atom. The van der Waals surface area contributed by atoms with Crippen molar-refractivity contribution >= 4 is 11.8 Å². The third kappa shape index (κ3) is 7.01. The molecule has 32 heavy (non-hydrogen) atoms. The molecular weight excluding hydrogens is 404 g/mol. The molecule has 1 N–H and O–H groups in total. The summed E-state index contributed by atoms with van der Waals surface area (Å²) < 4.78 is 11.3. The van der Waals surface area contributed by atoms with Crippen LogP contribution >= 0.6 is 0 Å². The van der Waals surface area contributed by atoms with Gasteiger partial charge in [-0.05, 0) is 55.5 Å². The Balaban J connectivity index is 2.24. The molecule has 0 aliphatic carbocycles. The Bertz CT molecular complexity index is 918. The maximum atomic E-state index is 13.3. The molecule has 0 bridgehead atoms. The lowest BCUT2D eigenvalue weighted by molar-refractivity contribution is -0.142. The molecule has 0 aliphatic heterocycles. The second kappa shape index (κ2) is 11.0. The van der Waals surface area contributed by atoms with Crippen molar-refractivity contribution in [2.45, 2.75) is 65.6 Å². The van der Waals surface area contributed by atoms with E-state index >= 15 is 0 Å². The predicted molar refractivity (Wildman–Crippen MR) is 127 cm³/mol. The number of para-hydroxylation sites is 1. The molecule has 0 heterocycles. The lowest BCUT2D eigenvalue weighted by Crippen LogP contribution is -2.50. The van der Waals surface area contributed by atoms with Crippen LogP contribution in [0.4, 0.5) is 0 Å². The summed E-state index contributed by atoms with van der Waals surface area (Å²) >= 11 is 0. The van der Waals surface area contributed by atoms with E-state index in [-0.39, 0.29) is 36.4 Å². The van der Waals surface area contributed by atoms with Gasteiger partial charge in [0, 0.05) is 12.6 Å². The molecule has 0 saturated carbocycles. The van der Waals surface area contributed by atoms with Gasteiger partial charge < -0.3 is 19.7 Å². The first kappa shape index (κ1) is 25.2. The molecule has 2 aromatic rings. The minimum Gasteiger partial charge on any atom is -0.497 e. The first-order valence-electron chi connectivity index (χ1n) is 11.0. The number of nitrogens with zero attached hydrogens (tertiary/aromatic N) is 1. The number of benzene rings is 2. The van der Waals surface area contributed by atoms with E-state index in [1.807, 2.05) is 62.4 Å². The number of carbonyl (C=O) groups is 2. The minimum absolute atomic E-state index is 0.0198. The number of rotatable bonds is 9. The summed E-state index contributed by atoms with van der Waals surface area (Å²) in [6.45, 7) is 11.9. The highest BCUT2D eigenvalue weighted by atomic mass is 16.5. The van der Waals surface area contributed by atoms with E-state index in [9.17, 15) is 9.59 Å². The van der Waals surface area contributed by atoms with Crippen LogP contribution in [0.5, 0.6) is 11.5 Å². The third-order valence-corrected chi connectivity index (χ3v) is 5.13. The van der Waals surface area contributed by atoms with Crippen molar-refractivity contribution in [3.63, 3.8) is 0 Å². The second-order valence-corrected chi connectivity index (χ2v) is 9.25. The Morgan fingerprint density at radius 1 is 1.03 bits per heavy atom. The molecule has 1 atom stereocenters. The molecular formula is C26H36N2O4. The molecule has 0 aromatic heterocycles. The molecule has 174 valence electrons. The fourth-order valence-electron chi connectivity index (χ4n) is 3.39. The first-order valence-corrected chi connectivity index (χ1v) is 11.0. The largest absolute Gasteiger partial charge is 0.497 e. The minimum atomic E-state index is -0.655. The van der Waals surface area contributed by atoms with Crippen molar-refractivity contribution in [2.24, 2.45) is 0 Å². The molecule has 0 spiro atoms. The van der Waals surface area contributed by atoms with Gasteiger partial charge in [-0.2, -0.15) is 0 Å². The number of methoxy groups -OCH3 is 1. The Hall–Kier alpha value is -3.02. The van der Waals surface area contributed by atoms with E-state index in [2.05, 4.69) is 26.1 Å². The molecule has 0 aliphatic rings. The molecule has 0 radical (unpaired) electrons. The highest BCUT2D eigenvalue weighted by Crippen LogP contribution is 2.31. The summed E-state index contributed by atoms with van der Waals surface area (Å²) in [5.41, 5.74) is 1.78. The summed E-state index contributed by atoms with van der Waals surface area (Å²) in [5, 5.41) is 2.89. The fourth-order valence-corrected chi connectivity index (χ4v) is 3.39. The molecule has 2 aromatic carbocycles. The maximum absolute atomic E-state index is 13.3. The average Bonchev–Trinajstić information content (AvgIpc) is 2.74. The zero-order chi connectivity index (χ0) is 23.9. The van der Waals surface area contributed by atoms with Gasteiger partial charge in [0.25, 0.3) is 5.91 Å². The second-order valence-electron chi connectivity index (χ2n) is 9.25. The van der Waals surface area contributed by atoms with Crippen LogP contribution in [0.25, 0.3) is 0 Å². The number of ether oxygens (including phenoxy) is 2. The number of hydrogen-bond acceptors (Lipinski definition) is 4. The van der Waals surface area contributed by atoms with Crippen LogP contribution in [0.15, 0.2) is 48.5 Å². The highest BCUT2D eigenvalue weighted by Gasteiger charge is 2.27. The normalized spacial score (nSPS) is 12.2. The average molecular weight is 441 g/mol. The first-order chi connectivity index (χ1) is 15.0. The van der Waals surface area contributed by atoms with Gasteiger partial charge in [-0.1, -0.05) is 51.1 Å².